The number of benzene rings is 1. The van der Waals surface area contributed by atoms with Gasteiger partial charge in [0.25, 0.3) is 0 Å². The minimum atomic E-state index is 0.00644. The van der Waals surface area contributed by atoms with E-state index in [0.29, 0.717) is 5.69 Å². The minimum absolute atomic E-state index is 0.00644. The first-order chi connectivity index (χ1) is 9.66. The van der Waals surface area contributed by atoms with Crippen molar-refractivity contribution in [1.82, 2.24) is 14.8 Å². The van der Waals surface area contributed by atoms with Gasteiger partial charge in [-0.1, -0.05) is 24.3 Å². The molecule has 0 unspecified atom stereocenters. The standard InChI is InChI=1S/C16H15N3O/c1-11-6-5-9-17-16(11)15(20)10-13-12-7-3-4-8-14(12)19(2)18-13/h3-9H,10H2,1-2H3. The zero-order valence-corrected chi connectivity index (χ0v) is 11.5. The Morgan fingerprint density at radius 1 is 1.20 bits per heavy atom. The van der Waals surface area contributed by atoms with E-state index in [1.807, 2.05) is 55.1 Å². The van der Waals surface area contributed by atoms with E-state index in [9.17, 15) is 4.79 Å². The number of pyridine rings is 1. The van der Waals surface area contributed by atoms with Crippen LogP contribution in [0.15, 0.2) is 42.6 Å². The summed E-state index contributed by atoms with van der Waals surface area (Å²) in [5.74, 6) is 0.00644. The molecule has 0 spiro atoms. The summed E-state index contributed by atoms with van der Waals surface area (Å²) < 4.78 is 1.81. The molecular formula is C16H15N3O. The van der Waals surface area contributed by atoms with Crippen molar-refractivity contribution in [3.63, 3.8) is 0 Å². The molecule has 0 fully saturated rings. The molecule has 4 heteroatoms. The molecule has 20 heavy (non-hydrogen) atoms. The van der Waals surface area contributed by atoms with E-state index in [1.54, 1.807) is 6.20 Å². The Hall–Kier alpha value is -2.49. The van der Waals surface area contributed by atoms with Gasteiger partial charge in [0, 0.05) is 18.6 Å². The first-order valence-electron chi connectivity index (χ1n) is 6.52. The number of nitrogens with zero attached hydrogens (tertiary/aromatic N) is 3. The molecule has 4 nitrogen and oxygen atoms in total. The largest absolute Gasteiger partial charge is 0.292 e. The zero-order chi connectivity index (χ0) is 14.1. The van der Waals surface area contributed by atoms with E-state index >= 15 is 0 Å². The molecule has 0 aliphatic rings. The highest BCUT2D eigenvalue weighted by Crippen LogP contribution is 2.19. The summed E-state index contributed by atoms with van der Waals surface area (Å²) in [6, 6.07) is 11.7. The summed E-state index contributed by atoms with van der Waals surface area (Å²) >= 11 is 0. The van der Waals surface area contributed by atoms with E-state index < -0.39 is 0 Å². The second-order valence-corrected chi connectivity index (χ2v) is 4.86. The summed E-state index contributed by atoms with van der Waals surface area (Å²) in [6.07, 6.45) is 1.93. The third kappa shape index (κ3) is 2.09. The minimum Gasteiger partial charge on any atom is -0.292 e. The predicted octanol–water partition coefficient (Wildman–Crippen LogP) is 2.70. The maximum Gasteiger partial charge on any atom is 0.187 e. The molecule has 1 aromatic carbocycles. The molecule has 0 saturated heterocycles. The van der Waals surface area contributed by atoms with Gasteiger partial charge < -0.3 is 0 Å². The van der Waals surface area contributed by atoms with Crippen molar-refractivity contribution in [1.29, 1.82) is 0 Å². The van der Waals surface area contributed by atoms with E-state index in [1.165, 1.54) is 0 Å². The van der Waals surface area contributed by atoms with E-state index in [-0.39, 0.29) is 12.2 Å². The zero-order valence-electron chi connectivity index (χ0n) is 11.5. The molecule has 0 aliphatic carbocycles. The maximum atomic E-state index is 12.4. The van der Waals surface area contributed by atoms with Crippen molar-refractivity contribution in [2.45, 2.75) is 13.3 Å². The SMILES string of the molecule is Cc1cccnc1C(=O)Cc1nn(C)c2ccccc12. The Bertz CT molecular complexity index is 789. The molecule has 3 rings (SSSR count). The molecule has 2 aromatic heterocycles. The molecule has 0 aliphatic heterocycles. The van der Waals surface area contributed by atoms with Crippen LogP contribution in [0.2, 0.25) is 0 Å². The quantitative estimate of drug-likeness (QED) is 0.684. The number of Topliss-reactive ketones (excluding diaryl/α,β-unsaturated/α-hetero) is 1. The Kier molecular flexibility index (Phi) is 3.06. The Balaban J connectivity index is 1.98. The number of carbonyl (C=O) groups is 1. The van der Waals surface area contributed by atoms with Crippen LogP contribution in [0.3, 0.4) is 0 Å². The van der Waals surface area contributed by atoms with Gasteiger partial charge in [-0.15, -0.1) is 0 Å². The van der Waals surface area contributed by atoms with Gasteiger partial charge in [0.15, 0.2) is 5.78 Å². The first-order valence-corrected chi connectivity index (χ1v) is 6.52. The van der Waals surface area contributed by atoms with Crippen molar-refractivity contribution >= 4 is 16.7 Å². The number of aryl methyl sites for hydroxylation is 2. The lowest BCUT2D eigenvalue weighted by Crippen LogP contribution is -2.08. The van der Waals surface area contributed by atoms with Crippen LogP contribution in [0.1, 0.15) is 21.7 Å². The van der Waals surface area contributed by atoms with Gasteiger partial charge in [0.2, 0.25) is 0 Å². The molecule has 0 atom stereocenters. The summed E-state index contributed by atoms with van der Waals surface area (Å²) in [4.78, 5) is 16.6. The lowest BCUT2D eigenvalue weighted by Gasteiger charge is -2.02. The number of ketones is 1. The summed E-state index contributed by atoms with van der Waals surface area (Å²) in [5, 5.41) is 5.48. The topological polar surface area (TPSA) is 47.8 Å². The molecular weight excluding hydrogens is 250 g/mol. The average Bonchev–Trinajstić information content (AvgIpc) is 2.76. The van der Waals surface area contributed by atoms with Gasteiger partial charge in [-0.05, 0) is 24.6 Å². The van der Waals surface area contributed by atoms with Crippen LogP contribution in [0.5, 0.6) is 0 Å². The van der Waals surface area contributed by atoms with Gasteiger partial charge in [-0.2, -0.15) is 5.10 Å². The predicted molar refractivity (Wildman–Crippen MR) is 77.7 cm³/mol. The van der Waals surface area contributed by atoms with Crippen LogP contribution in [-0.4, -0.2) is 20.5 Å². The third-order valence-corrected chi connectivity index (χ3v) is 3.44. The molecule has 2 heterocycles. The average molecular weight is 265 g/mol. The van der Waals surface area contributed by atoms with Crippen molar-refractivity contribution in [2.24, 2.45) is 7.05 Å². The van der Waals surface area contributed by atoms with Crippen molar-refractivity contribution in [3.05, 3.63) is 59.5 Å². The monoisotopic (exact) mass is 265 g/mol. The number of hydrogen-bond acceptors (Lipinski definition) is 3. The summed E-state index contributed by atoms with van der Waals surface area (Å²) in [7, 11) is 1.89. The van der Waals surface area contributed by atoms with Crippen molar-refractivity contribution in [3.8, 4) is 0 Å². The molecule has 0 radical (unpaired) electrons. The number of hydrogen-bond donors (Lipinski definition) is 0. The highest BCUT2D eigenvalue weighted by Gasteiger charge is 2.15. The van der Waals surface area contributed by atoms with Gasteiger partial charge in [0.1, 0.15) is 5.69 Å². The Morgan fingerprint density at radius 3 is 2.80 bits per heavy atom. The Labute approximate surface area is 117 Å². The lowest BCUT2D eigenvalue weighted by molar-refractivity contribution is 0.0986. The van der Waals surface area contributed by atoms with E-state index in [0.717, 1.165) is 22.2 Å². The first kappa shape index (κ1) is 12.5. The van der Waals surface area contributed by atoms with E-state index in [4.69, 9.17) is 0 Å². The van der Waals surface area contributed by atoms with Crippen LogP contribution >= 0.6 is 0 Å². The second-order valence-electron chi connectivity index (χ2n) is 4.86. The van der Waals surface area contributed by atoms with Crippen LogP contribution in [0.4, 0.5) is 0 Å². The van der Waals surface area contributed by atoms with Gasteiger partial charge in [-0.25, -0.2) is 0 Å². The highest BCUT2D eigenvalue weighted by atomic mass is 16.1. The third-order valence-electron chi connectivity index (χ3n) is 3.44. The molecule has 0 bridgehead atoms. The molecule has 100 valence electrons. The molecule has 3 aromatic rings. The van der Waals surface area contributed by atoms with Crippen molar-refractivity contribution < 1.29 is 4.79 Å². The summed E-state index contributed by atoms with van der Waals surface area (Å²) in [5.41, 5.74) is 3.27. The second kappa shape index (κ2) is 4.89. The highest BCUT2D eigenvalue weighted by molar-refractivity contribution is 5.98. The van der Waals surface area contributed by atoms with Crippen LogP contribution < -0.4 is 0 Å². The van der Waals surface area contributed by atoms with Crippen LogP contribution in [-0.2, 0) is 13.5 Å². The number of aromatic nitrogens is 3. The fraction of sp³-hybridized carbons (Fsp3) is 0.188. The normalized spacial score (nSPS) is 10.9. The van der Waals surface area contributed by atoms with Gasteiger partial charge in [0.05, 0.1) is 17.6 Å². The van der Waals surface area contributed by atoms with E-state index in [2.05, 4.69) is 10.1 Å². The molecule has 0 N–H and O–H groups in total. The number of fused-ring (bicyclic) bond motifs is 1. The van der Waals surface area contributed by atoms with Gasteiger partial charge in [-0.3, -0.25) is 14.5 Å². The Morgan fingerprint density at radius 2 is 2.00 bits per heavy atom. The lowest BCUT2D eigenvalue weighted by atomic mass is 10.1. The number of carbonyl (C=O) groups excluding carboxylic acids is 1. The number of rotatable bonds is 3. The fourth-order valence-corrected chi connectivity index (χ4v) is 2.43. The smallest absolute Gasteiger partial charge is 0.187 e. The summed E-state index contributed by atoms with van der Waals surface area (Å²) in [6.45, 7) is 1.90. The maximum absolute atomic E-state index is 12.4. The van der Waals surface area contributed by atoms with Crippen molar-refractivity contribution in [2.75, 3.05) is 0 Å². The fourth-order valence-electron chi connectivity index (χ4n) is 2.43. The number of para-hydroxylation sites is 1. The molecule has 0 saturated carbocycles. The van der Waals surface area contributed by atoms with Crippen LogP contribution in [0, 0.1) is 6.92 Å². The van der Waals surface area contributed by atoms with Crippen LogP contribution in [0.25, 0.3) is 10.9 Å². The molecule has 0 amide bonds. The van der Waals surface area contributed by atoms with Gasteiger partial charge >= 0.3 is 0 Å².